The lowest BCUT2D eigenvalue weighted by Crippen LogP contribution is -2.51. The first kappa shape index (κ1) is 16.3. The Morgan fingerprint density at radius 2 is 1.83 bits per heavy atom. The highest BCUT2D eigenvalue weighted by atomic mass is 16.7. The van der Waals surface area contributed by atoms with E-state index in [1.165, 1.54) is 0 Å². The molecule has 5 nitrogen and oxygen atoms in total. The molecular formula is C17H23BN2O3. The van der Waals surface area contributed by atoms with E-state index in [4.69, 9.17) is 14.0 Å². The van der Waals surface area contributed by atoms with Gasteiger partial charge in [0.15, 0.2) is 0 Å². The van der Waals surface area contributed by atoms with Gasteiger partial charge in [-0.1, -0.05) is 6.07 Å². The second-order valence-corrected chi connectivity index (χ2v) is 7.42. The molecule has 2 saturated heterocycles. The molecule has 2 aliphatic rings. The minimum atomic E-state index is -0.462. The monoisotopic (exact) mass is 314 g/mol. The third-order valence-corrected chi connectivity index (χ3v) is 4.97. The summed E-state index contributed by atoms with van der Waals surface area (Å²) in [5, 5.41) is 9.42. The number of likely N-dealkylation sites (N-methyl/N-ethyl adjacent to an activating group) is 1. The zero-order valence-corrected chi connectivity index (χ0v) is 14.4. The third kappa shape index (κ3) is 2.97. The summed E-state index contributed by atoms with van der Waals surface area (Å²) < 4.78 is 18.0. The molecule has 3 rings (SSSR count). The molecule has 0 spiro atoms. The number of nitrogens with zero attached hydrogens (tertiary/aromatic N) is 2. The number of hydrogen-bond acceptors (Lipinski definition) is 5. The number of nitriles is 1. The van der Waals surface area contributed by atoms with Crippen molar-refractivity contribution in [3.05, 3.63) is 23.8 Å². The lowest BCUT2D eigenvalue weighted by molar-refractivity contribution is 0.00578. The first-order valence-electron chi connectivity index (χ1n) is 7.97. The van der Waals surface area contributed by atoms with Crippen molar-refractivity contribution in [2.24, 2.45) is 0 Å². The predicted molar refractivity (Wildman–Crippen MR) is 88.8 cm³/mol. The zero-order chi connectivity index (χ0) is 16.8. The van der Waals surface area contributed by atoms with E-state index in [9.17, 15) is 5.26 Å². The van der Waals surface area contributed by atoms with Crippen LogP contribution in [0, 0.1) is 11.3 Å². The molecule has 0 aromatic heterocycles. The summed E-state index contributed by atoms with van der Waals surface area (Å²) in [5.41, 5.74) is 0.580. The van der Waals surface area contributed by atoms with E-state index in [-0.39, 0.29) is 6.10 Å². The maximum Gasteiger partial charge on any atom is 0.494 e. The first-order chi connectivity index (χ1) is 10.7. The van der Waals surface area contributed by atoms with Gasteiger partial charge in [0.1, 0.15) is 17.9 Å². The lowest BCUT2D eigenvalue weighted by atomic mass is 9.78. The van der Waals surface area contributed by atoms with Crippen LogP contribution in [0.2, 0.25) is 0 Å². The highest BCUT2D eigenvalue weighted by Crippen LogP contribution is 2.36. The number of benzene rings is 1. The van der Waals surface area contributed by atoms with Gasteiger partial charge in [-0.05, 0) is 52.3 Å². The van der Waals surface area contributed by atoms with E-state index in [0.717, 1.165) is 18.6 Å². The SMILES string of the molecule is CN1CC(Oc2ccc(B3OC(C)(C)C(C)(C)O3)cc2C#N)C1. The van der Waals surface area contributed by atoms with Crippen LogP contribution in [0.4, 0.5) is 0 Å². The van der Waals surface area contributed by atoms with Crippen molar-refractivity contribution in [1.29, 1.82) is 5.26 Å². The maximum atomic E-state index is 9.42. The van der Waals surface area contributed by atoms with Gasteiger partial charge in [-0.2, -0.15) is 5.26 Å². The van der Waals surface area contributed by atoms with Crippen molar-refractivity contribution in [2.75, 3.05) is 20.1 Å². The van der Waals surface area contributed by atoms with E-state index in [1.807, 2.05) is 46.9 Å². The Morgan fingerprint density at radius 1 is 1.22 bits per heavy atom. The Bertz CT molecular complexity index is 632. The molecule has 23 heavy (non-hydrogen) atoms. The fourth-order valence-electron chi connectivity index (χ4n) is 2.76. The molecule has 1 aromatic carbocycles. The lowest BCUT2D eigenvalue weighted by Gasteiger charge is -2.36. The second-order valence-electron chi connectivity index (χ2n) is 7.42. The standard InChI is InChI=1S/C17H23BN2O3/c1-16(2)17(3,4)23-18(22-16)13-6-7-15(12(8-13)9-19)21-14-10-20(5)11-14/h6-8,14H,10-11H2,1-5H3. The van der Waals surface area contributed by atoms with Gasteiger partial charge < -0.3 is 14.0 Å². The van der Waals surface area contributed by atoms with Crippen molar-refractivity contribution in [1.82, 2.24) is 4.90 Å². The van der Waals surface area contributed by atoms with Crippen LogP contribution in [-0.2, 0) is 9.31 Å². The molecule has 0 amide bonds. The molecular weight excluding hydrogens is 291 g/mol. The van der Waals surface area contributed by atoms with Gasteiger partial charge in [-0.25, -0.2) is 0 Å². The minimum Gasteiger partial charge on any atom is -0.486 e. The molecule has 0 atom stereocenters. The van der Waals surface area contributed by atoms with Gasteiger partial charge in [0, 0.05) is 13.1 Å². The van der Waals surface area contributed by atoms with Crippen LogP contribution < -0.4 is 10.2 Å². The average molecular weight is 314 g/mol. The van der Waals surface area contributed by atoms with Crippen LogP contribution in [0.25, 0.3) is 0 Å². The Kier molecular flexibility index (Phi) is 3.92. The molecule has 2 aliphatic heterocycles. The number of likely N-dealkylation sites (tertiary alicyclic amines) is 1. The summed E-state index contributed by atoms with van der Waals surface area (Å²) in [4.78, 5) is 2.18. The van der Waals surface area contributed by atoms with Gasteiger partial charge in [0.05, 0.1) is 16.8 Å². The number of hydrogen-bond donors (Lipinski definition) is 0. The number of rotatable bonds is 3. The van der Waals surface area contributed by atoms with Crippen molar-refractivity contribution >= 4 is 12.6 Å². The predicted octanol–water partition coefficient (Wildman–Crippen LogP) is 1.55. The molecule has 0 radical (unpaired) electrons. The Balaban J connectivity index is 1.79. The van der Waals surface area contributed by atoms with E-state index in [0.29, 0.717) is 11.3 Å². The quantitative estimate of drug-likeness (QED) is 0.792. The Morgan fingerprint density at radius 3 is 2.35 bits per heavy atom. The van der Waals surface area contributed by atoms with Crippen molar-refractivity contribution < 1.29 is 14.0 Å². The highest BCUT2D eigenvalue weighted by Gasteiger charge is 2.51. The third-order valence-electron chi connectivity index (χ3n) is 4.97. The van der Waals surface area contributed by atoms with Gasteiger partial charge in [-0.15, -0.1) is 0 Å². The fourth-order valence-corrected chi connectivity index (χ4v) is 2.76. The summed E-state index contributed by atoms with van der Waals surface area (Å²) in [5.74, 6) is 0.630. The van der Waals surface area contributed by atoms with Crippen LogP contribution in [0.1, 0.15) is 33.3 Å². The van der Waals surface area contributed by atoms with E-state index < -0.39 is 18.3 Å². The molecule has 6 heteroatoms. The van der Waals surface area contributed by atoms with Crippen molar-refractivity contribution in [3.8, 4) is 11.8 Å². The van der Waals surface area contributed by atoms with Gasteiger partial charge in [0.25, 0.3) is 0 Å². The van der Waals surface area contributed by atoms with E-state index >= 15 is 0 Å². The molecule has 2 fully saturated rings. The highest BCUT2D eigenvalue weighted by molar-refractivity contribution is 6.62. The molecule has 0 bridgehead atoms. The van der Waals surface area contributed by atoms with E-state index in [1.54, 1.807) is 6.07 Å². The molecule has 0 N–H and O–H groups in total. The van der Waals surface area contributed by atoms with Crippen molar-refractivity contribution in [2.45, 2.75) is 45.0 Å². The molecule has 122 valence electrons. The first-order valence-corrected chi connectivity index (χ1v) is 7.97. The second kappa shape index (κ2) is 5.52. The van der Waals surface area contributed by atoms with Crippen molar-refractivity contribution in [3.63, 3.8) is 0 Å². The normalized spacial score (nSPS) is 23.4. The molecule has 0 aliphatic carbocycles. The summed E-state index contributed by atoms with van der Waals surface area (Å²) in [7, 11) is 1.59. The molecule has 0 saturated carbocycles. The molecule has 2 heterocycles. The minimum absolute atomic E-state index is 0.162. The van der Waals surface area contributed by atoms with Gasteiger partial charge >= 0.3 is 7.12 Å². The summed E-state index contributed by atoms with van der Waals surface area (Å²) >= 11 is 0. The smallest absolute Gasteiger partial charge is 0.486 e. The van der Waals surface area contributed by atoms with E-state index in [2.05, 4.69) is 11.0 Å². The topological polar surface area (TPSA) is 54.7 Å². The fraction of sp³-hybridized carbons (Fsp3) is 0.588. The maximum absolute atomic E-state index is 9.42. The van der Waals surface area contributed by atoms with Crippen LogP contribution >= 0.6 is 0 Å². The van der Waals surface area contributed by atoms with Crippen LogP contribution in [0.15, 0.2) is 18.2 Å². The summed E-state index contributed by atoms with van der Waals surface area (Å²) in [6.07, 6.45) is 0.162. The summed E-state index contributed by atoms with van der Waals surface area (Å²) in [6.45, 7) is 9.85. The Hall–Kier alpha value is -1.55. The van der Waals surface area contributed by atoms with Gasteiger partial charge in [0.2, 0.25) is 0 Å². The molecule has 0 unspecified atom stereocenters. The zero-order valence-electron chi connectivity index (χ0n) is 14.4. The number of ether oxygens (including phenoxy) is 1. The average Bonchev–Trinajstić information content (AvgIpc) is 2.66. The largest absolute Gasteiger partial charge is 0.494 e. The van der Waals surface area contributed by atoms with Crippen LogP contribution in [0.5, 0.6) is 5.75 Å². The molecule has 1 aromatic rings. The summed E-state index contributed by atoms with van der Waals surface area (Å²) in [6, 6.07) is 7.78. The van der Waals surface area contributed by atoms with Gasteiger partial charge in [-0.3, -0.25) is 4.90 Å². The van der Waals surface area contributed by atoms with Crippen LogP contribution in [-0.4, -0.2) is 49.5 Å². The van der Waals surface area contributed by atoms with Crippen LogP contribution in [0.3, 0.4) is 0 Å². The Labute approximate surface area is 138 Å².